The van der Waals surface area contributed by atoms with Gasteiger partial charge in [-0.3, -0.25) is 0 Å². The number of ether oxygens (including phenoxy) is 1. The molecule has 0 bridgehead atoms. The molecule has 0 amide bonds. The van der Waals surface area contributed by atoms with E-state index < -0.39 is 11.8 Å². The van der Waals surface area contributed by atoms with E-state index in [-0.39, 0.29) is 5.75 Å². The van der Waals surface area contributed by atoms with Crippen LogP contribution in [0.15, 0.2) is 24.3 Å². The van der Waals surface area contributed by atoms with Gasteiger partial charge in [0, 0.05) is 11.6 Å². The highest BCUT2D eigenvalue weighted by atomic mass is 19.1. The number of unbranched alkanes of at least 4 members (excludes halogenated alkanes) is 5. The highest BCUT2D eigenvalue weighted by molar-refractivity contribution is 5.85. The molecule has 21 heavy (non-hydrogen) atoms. The van der Waals surface area contributed by atoms with E-state index in [0.717, 1.165) is 18.9 Å². The maximum absolute atomic E-state index is 13.7. The van der Waals surface area contributed by atoms with Gasteiger partial charge in [-0.05, 0) is 18.6 Å². The van der Waals surface area contributed by atoms with Crippen molar-refractivity contribution in [3.05, 3.63) is 35.7 Å². The Balaban J connectivity index is 2.48. The fraction of sp³-hybridized carbons (Fsp3) is 0.471. The Labute approximate surface area is 125 Å². The van der Waals surface area contributed by atoms with Crippen molar-refractivity contribution in [1.82, 2.24) is 0 Å². The van der Waals surface area contributed by atoms with Gasteiger partial charge in [0.2, 0.25) is 0 Å². The Morgan fingerprint density at radius 1 is 1.24 bits per heavy atom. The zero-order valence-electron chi connectivity index (χ0n) is 12.5. The number of halogens is 1. The van der Waals surface area contributed by atoms with Crippen LogP contribution in [0.3, 0.4) is 0 Å². The molecule has 0 aromatic heterocycles. The van der Waals surface area contributed by atoms with Gasteiger partial charge < -0.3 is 9.84 Å². The minimum absolute atomic E-state index is 0.128. The summed E-state index contributed by atoms with van der Waals surface area (Å²) in [5, 5.41) is 8.63. The zero-order valence-corrected chi connectivity index (χ0v) is 12.5. The molecule has 0 radical (unpaired) electrons. The van der Waals surface area contributed by atoms with E-state index in [4.69, 9.17) is 9.84 Å². The van der Waals surface area contributed by atoms with Crippen LogP contribution in [0.4, 0.5) is 4.39 Å². The van der Waals surface area contributed by atoms with Gasteiger partial charge in [0.05, 0.1) is 6.61 Å². The van der Waals surface area contributed by atoms with Gasteiger partial charge in [-0.25, -0.2) is 9.18 Å². The summed E-state index contributed by atoms with van der Waals surface area (Å²) < 4.78 is 19.2. The molecule has 116 valence electrons. The SMILES string of the molecule is CCCCCCCCOc1c(F)cccc1/C=C/C(=O)O. The molecule has 0 atom stereocenters. The van der Waals surface area contributed by atoms with Crippen LogP contribution in [0.1, 0.15) is 51.0 Å². The lowest BCUT2D eigenvalue weighted by Crippen LogP contribution is -2.01. The molecule has 0 heterocycles. The average molecular weight is 294 g/mol. The molecule has 3 nitrogen and oxygen atoms in total. The number of carboxylic acids is 1. The number of rotatable bonds is 10. The summed E-state index contributed by atoms with van der Waals surface area (Å²) in [6, 6.07) is 4.49. The molecule has 4 heteroatoms. The predicted octanol–water partition coefficient (Wildman–Crippen LogP) is 4.66. The number of carboxylic acid groups (broad SMARTS) is 1. The first kappa shape index (κ1) is 17.2. The fourth-order valence-electron chi connectivity index (χ4n) is 2.03. The third-order valence-corrected chi connectivity index (χ3v) is 3.15. The number of carbonyl (C=O) groups is 1. The Morgan fingerprint density at radius 3 is 2.67 bits per heavy atom. The largest absolute Gasteiger partial charge is 0.490 e. The molecule has 0 spiro atoms. The van der Waals surface area contributed by atoms with Gasteiger partial charge in [0.1, 0.15) is 0 Å². The standard InChI is InChI=1S/C17H23FO3/c1-2-3-4-5-6-7-13-21-17-14(11-12-16(19)20)9-8-10-15(17)18/h8-12H,2-7,13H2,1H3,(H,19,20)/b12-11+. The number of para-hydroxylation sites is 1. The van der Waals surface area contributed by atoms with Crippen LogP contribution in [-0.2, 0) is 4.79 Å². The van der Waals surface area contributed by atoms with E-state index in [9.17, 15) is 9.18 Å². The number of hydrogen-bond donors (Lipinski definition) is 1. The van der Waals surface area contributed by atoms with Crippen molar-refractivity contribution >= 4 is 12.0 Å². The van der Waals surface area contributed by atoms with E-state index in [1.165, 1.54) is 43.9 Å². The second-order valence-corrected chi connectivity index (χ2v) is 4.95. The molecule has 1 rings (SSSR count). The monoisotopic (exact) mass is 294 g/mol. The third-order valence-electron chi connectivity index (χ3n) is 3.15. The van der Waals surface area contributed by atoms with Gasteiger partial charge >= 0.3 is 5.97 Å². The van der Waals surface area contributed by atoms with Crippen molar-refractivity contribution < 1.29 is 19.0 Å². The molecule has 0 aliphatic carbocycles. The van der Waals surface area contributed by atoms with Crippen LogP contribution < -0.4 is 4.74 Å². The Bertz CT molecular complexity index is 469. The summed E-state index contributed by atoms with van der Waals surface area (Å²) in [7, 11) is 0. The lowest BCUT2D eigenvalue weighted by Gasteiger charge is -2.10. The van der Waals surface area contributed by atoms with Crippen LogP contribution in [0, 0.1) is 5.82 Å². The third kappa shape index (κ3) is 6.93. The highest BCUT2D eigenvalue weighted by Crippen LogP contribution is 2.24. The van der Waals surface area contributed by atoms with Gasteiger partial charge in [-0.1, -0.05) is 51.2 Å². The fourth-order valence-corrected chi connectivity index (χ4v) is 2.03. The van der Waals surface area contributed by atoms with E-state index >= 15 is 0 Å². The van der Waals surface area contributed by atoms with Crippen molar-refractivity contribution in [2.24, 2.45) is 0 Å². The van der Waals surface area contributed by atoms with Crippen LogP contribution in [0.25, 0.3) is 6.08 Å². The molecule has 0 saturated carbocycles. The molecular weight excluding hydrogens is 271 g/mol. The molecule has 1 aromatic rings. The summed E-state index contributed by atoms with van der Waals surface area (Å²) in [5.41, 5.74) is 0.448. The lowest BCUT2D eigenvalue weighted by atomic mass is 10.1. The quantitative estimate of drug-likeness (QED) is 0.504. The minimum Gasteiger partial charge on any atom is -0.490 e. The van der Waals surface area contributed by atoms with Gasteiger partial charge in [0.25, 0.3) is 0 Å². The van der Waals surface area contributed by atoms with Gasteiger partial charge in [-0.15, -0.1) is 0 Å². The van der Waals surface area contributed by atoms with Crippen LogP contribution in [-0.4, -0.2) is 17.7 Å². The molecule has 0 fully saturated rings. The summed E-state index contributed by atoms with van der Waals surface area (Å²) >= 11 is 0. The first-order chi connectivity index (χ1) is 10.1. The number of hydrogen-bond acceptors (Lipinski definition) is 2. The van der Waals surface area contributed by atoms with Crippen molar-refractivity contribution in [3.63, 3.8) is 0 Å². The normalized spacial score (nSPS) is 11.0. The van der Waals surface area contributed by atoms with Crippen molar-refractivity contribution in [1.29, 1.82) is 0 Å². The Hall–Kier alpha value is -1.84. The van der Waals surface area contributed by atoms with Crippen molar-refractivity contribution in [3.8, 4) is 5.75 Å². The lowest BCUT2D eigenvalue weighted by molar-refractivity contribution is -0.131. The molecule has 0 unspecified atom stereocenters. The molecule has 1 N–H and O–H groups in total. The average Bonchev–Trinajstić information content (AvgIpc) is 2.46. The summed E-state index contributed by atoms with van der Waals surface area (Å²) in [6.07, 6.45) is 9.12. The maximum atomic E-state index is 13.7. The van der Waals surface area contributed by atoms with E-state index in [1.54, 1.807) is 6.07 Å². The molecule has 1 aromatic carbocycles. The molecular formula is C17H23FO3. The van der Waals surface area contributed by atoms with Crippen molar-refractivity contribution in [2.75, 3.05) is 6.61 Å². The predicted molar refractivity (Wildman–Crippen MR) is 81.9 cm³/mol. The van der Waals surface area contributed by atoms with Crippen LogP contribution in [0.5, 0.6) is 5.75 Å². The van der Waals surface area contributed by atoms with E-state index in [2.05, 4.69) is 6.92 Å². The number of aliphatic carboxylic acids is 1. The first-order valence-electron chi connectivity index (χ1n) is 7.47. The first-order valence-corrected chi connectivity index (χ1v) is 7.47. The summed E-state index contributed by atoms with van der Waals surface area (Å²) in [5.74, 6) is -1.40. The second-order valence-electron chi connectivity index (χ2n) is 4.95. The summed E-state index contributed by atoms with van der Waals surface area (Å²) in [6.45, 7) is 2.62. The van der Waals surface area contributed by atoms with E-state index in [1.807, 2.05) is 0 Å². The molecule has 0 aliphatic rings. The zero-order chi connectivity index (χ0) is 15.5. The molecule has 0 aliphatic heterocycles. The summed E-state index contributed by atoms with van der Waals surface area (Å²) in [4.78, 5) is 10.5. The van der Waals surface area contributed by atoms with Gasteiger partial charge in [0.15, 0.2) is 11.6 Å². The van der Waals surface area contributed by atoms with Crippen LogP contribution >= 0.6 is 0 Å². The van der Waals surface area contributed by atoms with Crippen molar-refractivity contribution in [2.45, 2.75) is 45.4 Å². The van der Waals surface area contributed by atoms with Crippen LogP contribution in [0.2, 0.25) is 0 Å². The molecule has 0 saturated heterocycles. The van der Waals surface area contributed by atoms with E-state index in [0.29, 0.717) is 12.2 Å². The number of benzene rings is 1. The maximum Gasteiger partial charge on any atom is 0.328 e. The topological polar surface area (TPSA) is 46.5 Å². The minimum atomic E-state index is -1.07. The van der Waals surface area contributed by atoms with Gasteiger partial charge in [-0.2, -0.15) is 0 Å². The smallest absolute Gasteiger partial charge is 0.328 e. The second kappa shape index (κ2) is 9.97. The Kier molecular flexibility index (Phi) is 8.17. The highest BCUT2D eigenvalue weighted by Gasteiger charge is 2.07. The Morgan fingerprint density at radius 2 is 1.95 bits per heavy atom.